The van der Waals surface area contributed by atoms with E-state index in [4.69, 9.17) is 0 Å². The fourth-order valence-electron chi connectivity index (χ4n) is 3.14. The van der Waals surface area contributed by atoms with Gasteiger partial charge < -0.3 is 0 Å². The van der Waals surface area contributed by atoms with Crippen LogP contribution < -0.4 is 16.4 Å². The van der Waals surface area contributed by atoms with Crippen LogP contribution in [0.2, 0.25) is 0 Å². The summed E-state index contributed by atoms with van der Waals surface area (Å²) in [5.41, 5.74) is 5.74. The number of carbonyl (C=O) groups is 2. The molecule has 0 aliphatic carbocycles. The van der Waals surface area contributed by atoms with E-state index in [1.165, 1.54) is 4.68 Å². The Hall–Kier alpha value is -3.48. The number of amides is 2. The van der Waals surface area contributed by atoms with Crippen LogP contribution in [0.4, 0.5) is 0 Å². The van der Waals surface area contributed by atoms with Gasteiger partial charge in [0.1, 0.15) is 0 Å². The topological polar surface area (TPSA) is 93.1 Å². The van der Waals surface area contributed by atoms with Crippen molar-refractivity contribution in [2.45, 2.75) is 39.2 Å². The molecule has 3 aromatic rings. The van der Waals surface area contributed by atoms with Gasteiger partial charge in [-0.2, -0.15) is 5.10 Å². The minimum atomic E-state index is -0.573. The summed E-state index contributed by atoms with van der Waals surface area (Å²) in [6.45, 7) is 5.58. The molecule has 1 aromatic heterocycles. The zero-order chi connectivity index (χ0) is 21.0. The lowest BCUT2D eigenvalue weighted by Gasteiger charge is -2.15. The Bertz CT molecular complexity index is 1090. The van der Waals surface area contributed by atoms with Gasteiger partial charge >= 0.3 is 0 Å². The Morgan fingerprint density at radius 1 is 0.931 bits per heavy atom. The first-order valence-electron chi connectivity index (χ1n) is 9.54. The van der Waals surface area contributed by atoms with Crippen molar-refractivity contribution in [3.05, 3.63) is 76.2 Å². The first-order valence-corrected chi connectivity index (χ1v) is 9.54. The molecule has 7 nitrogen and oxygen atoms in total. The number of hydrogen-bond acceptors (Lipinski definition) is 4. The number of fused-ring (bicyclic) bond motifs is 1. The van der Waals surface area contributed by atoms with Gasteiger partial charge in [-0.1, -0.05) is 55.5 Å². The Morgan fingerprint density at radius 2 is 1.55 bits per heavy atom. The van der Waals surface area contributed by atoms with Gasteiger partial charge in [0, 0.05) is 11.8 Å². The average Bonchev–Trinajstić information content (AvgIpc) is 2.73. The number of nitrogens with zero attached hydrogens (tertiary/aromatic N) is 2. The van der Waals surface area contributed by atoms with Gasteiger partial charge in [0.05, 0.1) is 11.4 Å². The van der Waals surface area contributed by atoms with Crippen LogP contribution in [-0.4, -0.2) is 21.6 Å². The molecule has 0 saturated heterocycles. The minimum Gasteiger partial charge on any atom is -0.273 e. The molecular formula is C22H24N4O3. The van der Waals surface area contributed by atoms with Crippen molar-refractivity contribution in [3.63, 3.8) is 0 Å². The summed E-state index contributed by atoms with van der Waals surface area (Å²) in [7, 11) is 0. The Labute approximate surface area is 168 Å². The van der Waals surface area contributed by atoms with Crippen molar-refractivity contribution in [3.8, 4) is 0 Å². The van der Waals surface area contributed by atoms with Gasteiger partial charge in [-0.15, -0.1) is 0 Å². The molecule has 0 aliphatic heterocycles. The van der Waals surface area contributed by atoms with Gasteiger partial charge in [-0.3, -0.25) is 25.2 Å². The number of hydrazine groups is 1. The lowest BCUT2D eigenvalue weighted by Crippen LogP contribution is -2.43. The fourth-order valence-corrected chi connectivity index (χ4v) is 3.14. The summed E-state index contributed by atoms with van der Waals surface area (Å²) in [6, 6.07) is 16.3. The van der Waals surface area contributed by atoms with Gasteiger partial charge in [0.2, 0.25) is 5.91 Å². The second-order valence-electron chi connectivity index (χ2n) is 7.26. The molecule has 0 bridgehead atoms. The van der Waals surface area contributed by atoms with Crippen molar-refractivity contribution in [1.82, 2.24) is 20.6 Å². The van der Waals surface area contributed by atoms with E-state index in [-0.39, 0.29) is 35.5 Å². The summed E-state index contributed by atoms with van der Waals surface area (Å²) >= 11 is 0. The third kappa shape index (κ3) is 4.51. The Morgan fingerprint density at radius 3 is 2.21 bits per heavy atom. The molecule has 1 atom stereocenters. The average molecular weight is 392 g/mol. The summed E-state index contributed by atoms with van der Waals surface area (Å²) in [5.74, 6) is -0.873. The predicted molar refractivity (Wildman–Crippen MR) is 111 cm³/mol. The molecule has 0 fully saturated rings. The van der Waals surface area contributed by atoms with Crippen molar-refractivity contribution in [1.29, 1.82) is 0 Å². The second kappa shape index (κ2) is 8.68. The molecule has 2 aromatic carbocycles. The van der Waals surface area contributed by atoms with E-state index in [0.717, 1.165) is 5.56 Å². The molecule has 0 spiro atoms. The summed E-state index contributed by atoms with van der Waals surface area (Å²) in [6.07, 6.45) is 0.226. The monoisotopic (exact) mass is 392 g/mol. The van der Waals surface area contributed by atoms with E-state index in [9.17, 15) is 14.4 Å². The molecule has 29 heavy (non-hydrogen) atoms. The van der Waals surface area contributed by atoms with Crippen molar-refractivity contribution >= 4 is 22.6 Å². The van der Waals surface area contributed by atoms with Crippen molar-refractivity contribution in [2.24, 2.45) is 0 Å². The standard InChI is InChI=1S/C22H24N4O3/c1-14(2)26-22(29)18-12-8-7-11-17(18)20(25-26)21(28)24-23-19(27)13-15(3)16-9-5-4-6-10-16/h4-12,14-15H,13H2,1-3H3,(H,23,27)(H,24,28). The molecule has 1 unspecified atom stereocenters. The molecule has 0 aliphatic rings. The van der Waals surface area contributed by atoms with E-state index in [2.05, 4.69) is 16.0 Å². The maximum atomic E-state index is 12.7. The number of aromatic nitrogens is 2. The van der Waals surface area contributed by atoms with E-state index >= 15 is 0 Å². The molecule has 2 N–H and O–H groups in total. The number of rotatable bonds is 5. The highest BCUT2D eigenvalue weighted by Crippen LogP contribution is 2.18. The highest BCUT2D eigenvalue weighted by molar-refractivity contribution is 6.05. The lowest BCUT2D eigenvalue weighted by molar-refractivity contribution is -0.122. The smallest absolute Gasteiger partial charge is 0.273 e. The fraction of sp³-hybridized carbons (Fsp3) is 0.273. The quantitative estimate of drug-likeness (QED) is 0.653. The predicted octanol–water partition coefficient (Wildman–Crippen LogP) is 2.93. The number of hydrogen-bond donors (Lipinski definition) is 2. The van der Waals surface area contributed by atoms with Crippen molar-refractivity contribution < 1.29 is 9.59 Å². The summed E-state index contributed by atoms with van der Waals surface area (Å²) < 4.78 is 1.27. The van der Waals surface area contributed by atoms with Crippen LogP contribution >= 0.6 is 0 Å². The minimum absolute atomic E-state index is 0.00917. The molecule has 0 radical (unpaired) electrons. The Kier molecular flexibility index (Phi) is 6.07. The molecule has 150 valence electrons. The van der Waals surface area contributed by atoms with Crippen LogP contribution in [0, 0.1) is 0 Å². The van der Waals surface area contributed by atoms with E-state index in [1.54, 1.807) is 24.3 Å². The second-order valence-corrected chi connectivity index (χ2v) is 7.26. The number of carbonyl (C=O) groups excluding carboxylic acids is 2. The summed E-state index contributed by atoms with van der Waals surface area (Å²) in [4.78, 5) is 37.5. The molecule has 0 saturated carbocycles. The largest absolute Gasteiger partial charge is 0.290 e. The first-order chi connectivity index (χ1) is 13.9. The maximum Gasteiger partial charge on any atom is 0.290 e. The maximum absolute atomic E-state index is 12.7. The van der Waals surface area contributed by atoms with Crippen molar-refractivity contribution in [2.75, 3.05) is 0 Å². The highest BCUT2D eigenvalue weighted by atomic mass is 16.2. The van der Waals surface area contributed by atoms with Crippen LogP contribution in [0.25, 0.3) is 10.8 Å². The lowest BCUT2D eigenvalue weighted by atomic mass is 9.98. The molecule has 7 heteroatoms. The van der Waals surface area contributed by atoms with Crippen LogP contribution in [-0.2, 0) is 4.79 Å². The molecule has 3 rings (SSSR count). The van der Waals surface area contributed by atoms with E-state index in [0.29, 0.717) is 10.8 Å². The SMILES string of the molecule is CC(CC(=O)NNC(=O)c1nn(C(C)C)c(=O)c2ccccc12)c1ccccc1. The third-order valence-electron chi connectivity index (χ3n) is 4.71. The number of benzene rings is 2. The van der Waals surface area contributed by atoms with E-state index < -0.39 is 5.91 Å². The molecular weight excluding hydrogens is 368 g/mol. The van der Waals surface area contributed by atoms with Gasteiger partial charge in [0.25, 0.3) is 11.5 Å². The number of nitrogens with one attached hydrogen (secondary N) is 2. The van der Waals surface area contributed by atoms with Crippen LogP contribution in [0.3, 0.4) is 0 Å². The van der Waals surface area contributed by atoms with Crippen LogP contribution in [0.1, 0.15) is 55.2 Å². The van der Waals surface area contributed by atoms with Gasteiger partial charge in [-0.05, 0) is 31.4 Å². The molecule has 2 amide bonds. The Balaban J connectivity index is 1.75. The van der Waals surface area contributed by atoms with Gasteiger partial charge in [0.15, 0.2) is 5.69 Å². The van der Waals surface area contributed by atoms with Gasteiger partial charge in [-0.25, -0.2) is 4.68 Å². The normalized spacial score (nSPS) is 12.0. The third-order valence-corrected chi connectivity index (χ3v) is 4.71. The highest BCUT2D eigenvalue weighted by Gasteiger charge is 2.19. The molecule has 1 heterocycles. The van der Waals surface area contributed by atoms with Crippen LogP contribution in [0.5, 0.6) is 0 Å². The zero-order valence-electron chi connectivity index (χ0n) is 16.7. The zero-order valence-corrected chi connectivity index (χ0v) is 16.7. The summed E-state index contributed by atoms with van der Waals surface area (Å²) in [5, 5.41) is 5.08. The van der Waals surface area contributed by atoms with Crippen LogP contribution in [0.15, 0.2) is 59.4 Å². The van der Waals surface area contributed by atoms with E-state index in [1.807, 2.05) is 51.1 Å². The first kappa shape index (κ1) is 20.3.